The third-order valence-electron chi connectivity index (χ3n) is 4.02. The van der Waals surface area contributed by atoms with Gasteiger partial charge in [0, 0.05) is 24.0 Å². The fourth-order valence-corrected chi connectivity index (χ4v) is 2.50. The average Bonchev–Trinajstić information content (AvgIpc) is 2.75. The maximum Gasteiger partial charge on any atom is 0.178 e. The Balaban J connectivity index is 1.73. The van der Waals surface area contributed by atoms with Crippen molar-refractivity contribution in [3.63, 3.8) is 0 Å². The molecule has 3 heteroatoms. The molecule has 0 aliphatic heterocycles. The van der Waals surface area contributed by atoms with Crippen LogP contribution in [-0.2, 0) is 13.5 Å². The molecular weight excluding hydrogens is 260 g/mol. The largest absolute Gasteiger partial charge is 0.351 e. The van der Waals surface area contributed by atoms with E-state index >= 15 is 0 Å². The standard InChI is InChI=1S/C18H24N2O/c1-14-12-17(15(2)20(14)3)18(21)13-19-11-7-10-16-8-5-4-6-9-16/h4-6,8-9,12,19H,7,10-11,13H2,1-3H3. The zero-order chi connectivity index (χ0) is 15.2. The molecule has 0 saturated carbocycles. The predicted molar refractivity (Wildman–Crippen MR) is 86.9 cm³/mol. The van der Waals surface area contributed by atoms with Crippen LogP contribution in [0, 0.1) is 13.8 Å². The highest BCUT2D eigenvalue weighted by Crippen LogP contribution is 2.13. The average molecular weight is 284 g/mol. The minimum Gasteiger partial charge on any atom is -0.351 e. The van der Waals surface area contributed by atoms with E-state index in [2.05, 4.69) is 34.1 Å². The van der Waals surface area contributed by atoms with Gasteiger partial charge in [0.1, 0.15) is 0 Å². The lowest BCUT2D eigenvalue weighted by Crippen LogP contribution is -2.24. The van der Waals surface area contributed by atoms with E-state index in [-0.39, 0.29) is 5.78 Å². The molecule has 0 bridgehead atoms. The lowest BCUT2D eigenvalue weighted by molar-refractivity contribution is 0.0990. The van der Waals surface area contributed by atoms with Gasteiger partial charge in [0.05, 0.1) is 6.54 Å². The molecule has 0 aliphatic rings. The van der Waals surface area contributed by atoms with Gasteiger partial charge in [0.15, 0.2) is 5.78 Å². The van der Waals surface area contributed by atoms with Crippen molar-refractivity contribution >= 4 is 5.78 Å². The quantitative estimate of drug-likeness (QED) is 0.626. The van der Waals surface area contributed by atoms with E-state index in [0.29, 0.717) is 6.54 Å². The highest BCUT2D eigenvalue weighted by molar-refractivity contribution is 5.99. The molecule has 1 heterocycles. The van der Waals surface area contributed by atoms with Crippen molar-refractivity contribution in [3.8, 4) is 0 Å². The monoisotopic (exact) mass is 284 g/mol. The number of nitrogens with zero attached hydrogens (tertiary/aromatic N) is 1. The number of aryl methyl sites for hydroxylation is 2. The molecule has 21 heavy (non-hydrogen) atoms. The van der Waals surface area contributed by atoms with Crippen LogP contribution in [0.3, 0.4) is 0 Å². The summed E-state index contributed by atoms with van der Waals surface area (Å²) >= 11 is 0. The van der Waals surface area contributed by atoms with Crippen LogP contribution in [0.25, 0.3) is 0 Å². The number of carbonyl (C=O) groups is 1. The molecule has 0 saturated heterocycles. The van der Waals surface area contributed by atoms with Crippen molar-refractivity contribution < 1.29 is 4.79 Å². The van der Waals surface area contributed by atoms with Crippen LogP contribution in [-0.4, -0.2) is 23.4 Å². The molecule has 0 radical (unpaired) electrons. The molecule has 0 aliphatic carbocycles. The Kier molecular flexibility index (Phi) is 5.34. The number of aromatic nitrogens is 1. The summed E-state index contributed by atoms with van der Waals surface area (Å²) in [6, 6.07) is 12.4. The molecule has 0 atom stereocenters. The van der Waals surface area contributed by atoms with E-state index < -0.39 is 0 Å². The van der Waals surface area contributed by atoms with Gasteiger partial charge in [0.25, 0.3) is 0 Å². The summed E-state index contributed by atoms with van der Waals surface area (Å²) in [5.74, 6) is 0.177. The van der Waals surface area contributed by atoms with Crippen molar-refractivity contribution in [2.45, 2.75) is 26.7 Å². The number of Topliss-reactive ketones (excluding diaryl/α,β-unsaturated/α-hetero) is 1. The first-order valence-electron chi connectivity index (χ1n) is 7.50. The number of hydrogen-bond donors (Lipinski definition) is 1. The van der Waals surface area contributed by atoms with Gasteiger partial charge in [0.2, 0.25) is 0 Å². The molecule has 1 aromatic carbocycles. The lowest BCUT2D eigenvalue weighted by Gasteiger charge is -2.05. The molecule has 0 unspecified atom stereocenters. The summed E-state index contributed by atoms with van der Waals surface area (Å²) < 4.78 is 2.06. The van der Waals surface area contributed by atoms with Crippen molar-refractivity contribution in [2.75, 3.05) is 13.1 Å². The number of hydrogen-bond acceptors (Lipinski definition) is 2. The maximum absolute atomic E-state index is 12.2. The van der Waals surface area contributed by atoms with Crippen molar-refractivity contribution in [1.82, 2.24) is 9.88 Å². The molecular formula is C18H24N2O. The molecule has 2 rings (SSSR count). The molecule has 3 nitrogen and oxygen atoms in total. The normalized spacial score (nSPS) is 10.8. The van der Waals surface area contributed by atoms with Gasteiger partial charge < -0.3 is 9.88 Å². The molecule has 2 aromatic rings. The van der Waals surface area contributed by atoms with Crippen LogP contribution in [0.5, 0.6) is 0 Å². The summed E-state index contributed by atoms with van der Waals surface area (Å²) in [5, 5.41) is 3.25. The van der Waals surface area contributed by atoms with Crippen LogP contribution in [0.15, 0.2) is 36.4 Å². The van der Waals surface area contributed by atoms with Crippen molar-refractivity contribution in [3.05, 3.63) is 58.9 Å². The Morgan fingerprint density at radius 3 is 2.52 bits per heavy atom. The van der Waals surface area contributed by atoms with E-state index in [1.165, 1.54) is 5.56 Å². The first kappa shape index (κ1) is 15.5. The van der Waals surface area contributed by atoms with E-state index in [9.17, 15) is 4.79 Å². The van der Waals surface area contributed by atoms with E-state index in [1.807, 2.05) is 33.0 Å². The third-order valence-corrected chi connectivity index (χ3v) is 4.02. The lowest BCUT2D eigenvalue weighted by atomic mass is 10.1. The second kappa shape index (κ2) is 7.23. The number of carbonyl (C=O) groups excluding carboxylic acids is 1. The molecule has 112 valence electrons. The van der Waals surface area contributed by atoms with Crippen LogP contribution < -0.4 is 5.32 Å². The predicted octanol–water partition coefficient (Wildman–Crippen LogP) is 3.05. The summed E-state index contributed by atoms with van der Waals surface area (Å²) in [7, 11) is 1.99. The molecule has 0 fully saturated rings. The molecule has 0 spiro atoms. The Morgan fingerprint density at radius 1 is 1.19 bits per heavy atom. The van der Waals surface area contributed by atoms with Gasteiger partial charge in [-0.3, -0.25) is 4.79 Å². The summed E-state index contributed by atoms with van der Waals surface area (Å²) in [4.78, 5) is 12.2. The first-order chi connectivity index (χ1) is 10.1. The zero-order valence-electron chi connectivity index (χ0n) is 13.1. The first-order valence-corrected chi connectivity index (χ1v) is 7.50. The van der Waals surface area contributed by atoms with Gasteiger partial charge in [-0.15, -0.1) is 0 Å². The fraction of sp³-hybridized carbons (Fsp3) is 0.389. The topological polar surface area (TPSA) is 34.0 Å². The third kappa shape index (κ3) is 4.05. The second-order valence-corrected chi connectivity index (χ2v) is 5.53. The SMILES string of the molecule is Cc1cc(C(=O)CNCCCc2ccccc2)c(C)n1C. The van der Waals surface area contributed by atoms with Crippen molar-refractivity contribution in [1.29, 1.82) is 0 Å². The summed E-state index contributed by atoms with van der Waals surface area (Å²) in [6.45, 7) is 5.30. The maximum atomic E-state index is 12.2. The van der Waals surface area contributed by atoms with Gasteiger partial charge in [-0.05, 0) is 44.9 Å². The zero-order valence-corrected chi connectivity index (χ0v) is 13.1. The van der Waals surface area contributed by atoms with E-state index in [1.54, 1.807) is 0 Å². The molecule has 0 amide bonds. The number of ketones is 1. The number of nitrogens with one attached hydrogen (secondary N) is 1. The Morgan fingerprint density at radius 2 is 1.90 bits per heavy atom. The van der Waals surface area contributed by atoms with Crippen LogP contribution in [0.4, 0.5) is 0 Å². The number of rotatable bonds is 7. The van der Waals surface area contributed by atoms with Gasteiger partial charge in [-0.2, -0.15) is 0 Å². The van der Waals surface area contributed by atoms with Gasteiger partial charge >= 0.3 is 0 Å². The second-order valence-electron chi connectivity index (χ2n) is 5.53. The molecule has 1 aromatic heterocycles. The minimum absolute atomic E-state index is 0.177. The highest BCUT2D eigenvalue weighted by Gasteiger charge is 2.13. The molecule has 1 N–H and O–H groups in total. The van der Waals surface area contributed by atoms with Crippen LogP contribution >= 0.6 is 0 Å². The van der Waals surface area contributed by atoms with E-state index in [4.69, 9.17) is 0 Å². The summed E-state index contributed by atoms with van der Waals surface area (Å²) in [5.41, 5.74) is 4.36. The van der Waals surface area contributed by atoms with Crippen molar-refractivity contribution in [2.24, 2.45) is 7.05 Å². The Hall–Kier alpha value is -1.87. The van der Waals surface area contributed by atoms with Crippen LogP contribution in [0.1, 0.15) is 33.7 Å². The van der Waals surface area contributed by atoms with E-state index in [0.717, 1.165) is 36.3 Å². The summed E-state index contributed by atoms with van der Waals surface area (Å²) in [6.07, 6.45) is 2.09. The smallest absolute Gasteiger partial charge is 0.178 e. The number of benzene rings is 1. The Labute approximate surface area is 127 Å². The fourth-order valence-electron chi connectivity index (χ4n) is 2.50. The minimum atomic E-state index is 0.177. The van der Waals surface area contributed by atoms with Crippen LogP contribution in [0.2, 0.25) is 0 Å². The Bertz CT molecular complexity index is 599. The van der Waals surface area contributed by atoms with Gasteiger partial charge in [-0.1, -0.05) is 30.3 Å². The van der Waals surface area contributed by atoms with Gasteiger partial charge in [-0.25, -0.2) is 0 Å². The highest BCUT2D eigenvalue weighted by atomic mass is 16.1.